The van der Waals surface area contributed by atoms with E-state index in [1.165, 1.54) is 5.56 Å². The summed E-state index contributed by atoms with van der Waals surface area (Å²) >= 11 is 0. The number of benzene rings is 1. The summed E-state index contributed by atoms with van der Waals surface area (Å²) in [5.74, 6) is 0.721. The number of nitrogens with zero attached hydrogens (tertiary/aromatic N) is 1. The molecule has 0 saturated heterocycles. The lowest BCUT2D eigenvalue weighted by Gasteiger charge is -2.03. The molecule has 0 amide bonds. The summed E-state index contributed by atoms with van der Waals surface area (Å²) in [6.45, 7) is 4.58. The van der Waals surface area contributed by atoms with Crippen molar-refractivity contribution in [3.8, 4) is 0 Å². The fourth-order valence-corrected chi connectivity index (χ4v) is 1.83. The molecule has 3 N–H and O–H groups in total. The van der Waals surface area contributed by atoms with Gasteiger partial charge < -0.3 is 15.5 Å². The van der Waals surface area contributed by atoms with E-state index in [4.69, 9.17) is 10.2 Å². The first-order chi connectivity index (χ1) is 8.29. The topological polar surface area (TPSA) is 64.1 Å². The van der Waals surface area contributed by atoms with Crippen LogP contribution in [-0.4, -0.2) is 24.6 Å². The molecule has 4 nitrogen and oxygen atoms in total. The maximum absolute atomic E-state index is 5.44. The largest absolute Gasteiger partial charge is 0.441 e. The van der Waals surface area contributed by atoms with Crippen molar-refractivity contribution >= 4 is 11.1 Å². The number of nitrogens with two attached hydrogens (primary N) is 1. The van der Waals surface area contributed by atoms with Crippen molar-refractivity contribution in [3.05, 3.63) is 29.7 Å². The average molecular weight is 233 g/mol. The van der Waals surface area contributed by atoms with Crippen molar-refractivity contribution in [1.82, 2.24) is 10.3 Å². The Labute approximate surface area is 101 Å². The van der Waals surface area contributed by atoms with Crippen LogP contribution in [0.1, 0.15) is 17.9 Å². The van der Waals surface area contributed by atoms with Gasteiger partial charge in [-0.3, -0.25) is 0 Å². The number of aromatic nitrogens is 1. The highest BCUT2D eigenvalue weighted by Crippen LogP contribution is 2.16. The highest BCUT2D eigenvalue weighted by Gasteiger charge is 2.02. The lowest BCUT2D eigenvalue weighted by atomic mass is 10.1. The van der Waals surface area contributed by atoms with Crippen LogP contribution >= 0.6 is 0 Å². The molecule has 17 heavy (non-hydrogen) atoms. The van der Waals surface area contributed by atoms with Crippen LogP contribution in [0.15, 0.2) is 22.6 Å². The molecule has 4 heteroatoms. The van der Waals surface area contributed by atoms with E-state index < -0.39 is 0 Å². The Bertz CT molecular complexity index is 478. The van der Waals surface area contributed by atoms with E-state index in [2.05, 4.69) is 22.4 Å². The first-order valence-electron chi connectivity index (χ1n) is 6.06. The van der Waals surface area contributed by atoms with Gasteiger partial charge in [-0.15, -0.1) is 0 Å². The zero-order valence-corrected chi connectivity index (χ0v) is 10.2. The van der Waals surface area contributed by atoms with Crippen molar-refractivity contribution in [2.24, 2.45) is 5.73 Å². The van der Waals surface area contributed by atoms with Crippen LogP contribution in [0, 0.1) is 6.92 Å². The highest BCUT2D eigenvalue weighted by molar-refractivity contribution is 5.73. The van der Waals surface area contributed by atoms with Crippen LogP contribution in [0.4, 0.5) is 0 Å². The van der Waals surface area contributed by atoms with E-state index in [0.717, 1.165) is 49.5 Å². The Morgan fingerprint density at radius 3 is 3.06 bits per heavy atom. The SMILES string of the molecule is Cc1nc2cc(CCNCCCN)ccc2o1. The van der Waals surface area contributed by atoms with Crippen LogP contribution in [0.25, 0.3) is 11.1 Å². The van der Waals surface area contributed by atoms with E-state index in [0.29, 0.717) is 0 Å². The van der Waals surface area contributed by atoms with E-state index in [-0.39, 0.29) is 0 Å². The maximum Gasteiger partial charge on any atom is 0.192 e. The number of hydrogen-bond donors (Lipinski definition) is 2. The van der Waals surface area contributed by atoms with Gasteiger partial charge in [0.1, 0.15) is 5.52 Å². The summed E-state index contributed by atoms with van der Waals surface area (Å²) in [7, 11) is 0. The van der Waals surface area contributed by atoms with Crippen LogP contribution < -0.4 is 11.1 Å². The molecule has 1 aromatic carbocycles. The van der Waals surface area contributed by atoms with Crippen molar-refractivity contribution in [1.29, 1.82) is 0 Å². The number of nitrogens with one attached hydrogen (secondary N) is 1. The number of oxazole rings is 1. The Hall–Kier alpha value is -1.39. The lowest BCUT2D eigenvalue weighted by molar-refractivity contribution is 0.561. The molecule has 0 aliphatic carbocycles. The fourth-order valence-electron chi connectivity index (χ4n) is 1.83. The summed E-state index contributed by atoms with van der Waals surface area (Å²) < 4.78 is 5.44. The summed E-state index contributed by atoms with van der Waals surface area (Å²) in [6, 6.07) is 6.18. The predicted octanol–water partition coefficient (Wildman–Crippen LogP) is 1.62. The Morgan fingerprint density at radius 1 is 1.35 bits per heavy atom. The second-order valence-electron chi connectivity index (χ2n) is 4.18. The molecule has 0 unspecified atom stereocenters. The normalized spacial score (nSPS) is 11.2. The standard InChI is InChI=1S/C13H19N3O/c1-10-16-12-9-11(3-4-13(12)17-10)5-8-15-7-2-6-14/h3-4,9,15H,2,5-8,14H2,1H3. The number of aryl methyl sites for hydroxylation is 1. The molecule has 1 aromatic heterocycles. The smallest absolute Gasteiger partial charge is 0.192 e. The molecule has 0 atom stereocenters. The third-order valence-electron chi connectivity index (χ3n) is 2.71. The minimum Gasteiger partial charge on any atom is -0.441 e. The highest BCUT2D eigenvalue weighted by atomic mass is 16.3. The van der Waals surface area contributed by atoms with E-state index >= 15 is 0 Å². The van der Waals surface area contributed by atoms with Gasteiger partial charge in [0.05, 0.1) is 0 Å². The van der Waals surface area contributed by atoms with Gasteiger partial charge >= 0.3 is 0 Å². The Morgan fingerprint density at radius 2 is 2.24 bits per heavy atom. The number of rotatable bonds is 6. The number of fused-ring (bicyclic) bond motifs is 1. The molecule has 0 fully saturated rings. The third kappa shape index (κ3) is 3.28. The second kappa shape index (κ2) is 5.80. The molecule has 92 valence electrons. The third-order valence-corrected chi connectivity index (χ3v) is 2.71. The molecule has 0 spiro atoms. The predicted molar refractivity (Wildman–Crippen MR) is 69.0 cm³/mol. The minimum atomic E-state index is 0.721. The van der Waals surface area contributed by atoms with Crippen molar-refractivity contribution in [2.45, 2.75) is 19.8 Å². The molecule has 0 aliphatic heterocycles. The monoisotopic (exact) mass is 233 g/mol. The minimum absolute atomic E-state index is 0.721. The van der Waals surface area contributed by atoms with Gasteiger partial charge in [0.15, 0.2) is 11.5 Å². The average Bonchev–Trinajstić information content (AvgIpc) is 2.68. The van der Waals surface area contributed by atoms with Crippen LogP contribution in [0.3, 0.4) is 0 Å². The molecular weight excluding hydrogens is 214 g/mol. The summed E-state index contributed by atoms with van der Waals surface area (Å²) in [5.41, 5.74) is 8.52. The molecule has 1 heterocycles. The van der Waals surface area contributed by atoms with Gasteiger partial charge in [0, 0.05) is 6.92 Å². The Kier molecular flexibility index (Phi) is 4.12. The Balaban J connectivity index is 1.90. The van der Waals surface area contributed by atoms with Gasteiger partial charge in [-0.25, -0.2) is 4.98 Å². The van der Waals surface area contributed by atoms with Gasteiger partial charge in [0.25, 0.3) is 0 Å². The molecule has 0 radical (unpaired) electrons. The van der Waals surface area contributed by atoms with Gasteiger partial charge in [0.2, 0.25) is 0 Å². The zero-order chi connectivity index (χ0) is 12.1. The van der Waals surface area contributed by atoms with Gasteiger partial charge in [-0.2, -0.15) is 0 Å². The lowest BCUT2D eigenvalue weighted by Crippen LogP contribution is -2.20. The molecular formula is C13H19N3O. The summed E-state index contributed by atoms with van der Waals surface area (Å²) in [6.07, 6.45) is 2.04. The number of hydrogen-bond acceptors (Lipinski definition) is 4. The van der Waals surface area contributed by atoms with Gasteiger partial charge in [-0.1, -0.05) is 6.07 Å². The molecule has 2 aromatic rings. The van der Waals surface area contributed by atoms with Gasteiger partial charge in [-0.05, 0) is 50.2 Å². The quantitative estimate of drug-likeness (QED) is 0.744. The van der Waals surface area contributed by atoms with Crippen molar-refractivity contribution < 1.29 is 4.42 Å². The molecule has 0 aliphatic rings. The van der Waals surface area contributed by atoms with Crippen LogP contribution in [0.5, 0.6) is 0 Å². The summed E-state index contributed by atoms with van der Waals surface area (Å²) in [5, 5.41) is 3.36. The van der Waals surface area contributed by atoms with E-state index in [1.54, 1.807) is 0 Å². The van der Waals surface area contributed by atoms with Crippen LogP contribution in [-0.2, 0) is 6.42 Å². The molecule has 0 bridgehead atoms. The van der Waals surface area contributed by atoms with Crippen molar-refractivity contribution in [2.75, 3.05) is 19.6 Å². The van der Waals surface area contributed by atoms with E-state index in [1.807, 2.05) is 13.0 Å². The molecule has 0 saturated carbocycles. The zero-order valence-electron chi connectivity index (χ0n) is 10.2. The summed E-state index contributed by atoms with van der Waals surface area (Å²) in [4.78, 5) is 4.33. The van der Waals surface area contributed by atoms with E-state index in [9.17, 15) is 0 Å². The second-order valence-corrected chi connectivity index (χ2v) is 4.18. The molecule has 2 rings (SSSR count). The first kappa shape index (κ1) is 12.1. The maximum atomic E-state index is 5.44. The first-order valence-corrected chi connectivity index (χ1v) is 6.06. The van der Waals surface area contributed by atoms with Crippen LogP contribution in [0.2, 0.25) is 0 Å². The fraction of sp³-hybridized carbons (Fsp3) is 0.462. The van der Waals surface area contributed by atoms with Crippen molar-refractivity contribution in [3.63, 3.8) is 0 Å².